The summed E-state index contributed by atoms with van der Waals surface area (Å²) in [5.74, 6) is -4.78. The molecule has 0 radical (unpaired) electrons. The Bertz CT molecular complexity index is 326. The van der Waals surface area contributed by atoms with E-state index in [1.807, 2.05) is 0 Å². The van der Waals surface area contributed by atoms with Gasteiger partial charge in [0.25, 0.3) is 0 Å². The molecular formula is C19H35F2NO2. The number of likely N-dealkylation sites (tertiary alicyclic amines) is 1. The van der Waals surface area contributed by atoms with Gasteiger partial charge in [0, 0.05) is 6.92 Å². The fourth-order valence-electron chi connectivity index (χ4n) is 3.15. The monoisotopic (exact) mass is 347 g/mol. The molecule has 0 aromatic heterocycles. The molecule has 0 spiro atoms. The molecule has 0 amide bonds. The standard InChI is InChI=1S/C19H35F2NO2/c1-19(20,21)18(23)24-17-13-9-7-5-3-2-4-6-8-10-14-22-15-11-12-16-22/h2-17H2,1H3. The van der Waals surface area contributed by atoms with Crippen molar-refractivity contribution in [2.45, 2.75) is 89.9 Å². The van der Waals surface area contributed by atoms with Crippen LogP contribution in [-0.2, 0) is 9.53 Å². The minimum Gasteiger partial charge on any atom is -0.461 e. The van der Waals surface area contributed by atoms with E-state index >= 15 is 0 Å². The van der Waals surface area contributed by atoms with Crippen molar-refractivity contribution in [2.75, 3.05) is 26.2 Å². The maximum absolute atomic E-state index is 12.5. The van der Waals surface area contributed by atoms with Gasteiger partial charge in [0.2, 0.25) is 0 Å². The zero-order valence-electron chi connectivity index (χ0n) is 15.3. The Balaban J connectivity index is 1.74. The van der Waals surface area contributed by atoms with Crippen molar-refractivity contribution < 1.29 is 18.3 Å². The first-order valence-corrected chi connectivity index (χ1v) is 9.77. The second-order valence-corrected chi connectivity index (χ2v) is 7.11. The molecule has 1 saturated heterocycles. The molecular weight excluding hydrogens is 312 g/mol. The van der Waals surface area contributed by atoms with Crippen LogP contribution in [0.2, 0.25) is 0 Å². The third-order valence-electron chi connectivity index (χ3n) is 4.66. The van der Waals surface area contributed by atoms with Gasteiger partial charge in [-0.15, -0.1) is 0 Å². The van der Waals surface area contributed by atoms with Crippen LogP contribution in [0.4, 0.5) is 8.78 Å². The Labute approximate surface area is 146 Å². The zero-order chi connectivity index (χ0) is 17.7. The van der Waals surface area contributed by atoms with Crippen LogP contribution >= 0.6 is 0 Å². The topological polar surface area (TPSA) is 29.5 Å². The molecule has 0 aromatic carbocycles. The molecule has 5 heteroatoms. The summed E-state index contributed by atoms with van der Waals surface area (Å²) in [5, 5.41) is 0. The molecule has 1 fully saturated rings. The highest BCUT2D eigenvalue weighted by Gasteiger charge is 2.33. The lowest BCUT2D eigenvalue weighted by molar-refractivity contribution is -0.169. The van der Waals surface area contributed by atoms with Crippen molar-refractivity contribution in [2.24, 2.45) is 0 Å². The lowest BCUT2D eigenvalue weighted by atomic mass is 10.1. The van der Waals surface area contributed by atoms with Crippen LogP contribution in [0.15, 0.2) is 0 Å². The van der Waals surface area contributed by atoms with Gasteiger partial charge >= 0.3 is 11.9 Å². The van der Waals surface area contributed by atoms with E-state index < -0.39 is 11.9 Å². The van der Waals surface area contributed by atoms with E-state index in [1.54, 1.807) is 0 Å². The van der Waals surface area contributed by atoms with Crippen LogP contribution < -0.4 is 0 Å². The molecule has 142 valence electrons. The van der Waals surface area contributed by atoms with Crippen LogP contribution in [-0.4, -0.2) is 43.0 Å². The molecule has 0 bridgehead atoms. The van der Waals surface area contributed by atoms with E-state index in [4.69, 9.17) is 0 Å². The van der Waals surface area contributed by atoms with Gasteiger partial charge < -0.3 is 9.64 Å². The van der Waals surface area contributed by atoms with Crippen molar-refractivity contribution in [3.05, 3.63) is 0 Å². The summed E-state index contributed by atoms with van der Waals surface area (Å²) in [7, 11) is 0. The van der Waals surface area contributed by atoms with Crippen molar-refractivity contribution in [3.63, 3.8) is 0 Å². The second kappa shape index (κ2) is 12.6. The molecule has 0 aromatic rings. The molecule has 0 N–H and O–H groups in total. The highest BCUT2D eigenvalue weighted by molar-refractivity contribution is 5.76. The highest BCUT2D eigenvalue weighted by atomic mass is 19.3. The number of unbranched alkanes of at least 4 members (excludes halogenated alkanes) is 9. The molecule has 3 nitrogen and oxygen atoms in total. The first-order chi connectivity index (χ1) is 11.5. The Kier molecular flexibility index (Phi) is 11.2. The van der Waals surface area contributed by atoms with Crippen molar-refractivity contribution in [3.8, 4) is 0 Å². The van der Waals surface area contributed by atoms with Crippen molar-refractivity contribution in [1.82, 2.24) is 4.90 Å². The SMILES string of the molecule is CC(F)(F)C(=O)OCCCCCCCCCCCCN1CCCC1. The van der Waals surface area contributed by atoms with Gasteiger partial charge in [-0.2, -0.15) is 8.78 Å². The van der Waals surface area contributed by atoms with E-state index in [-0.39, 0.29) is 6.61 Å². The number of carbonyl (C=O) groups excluding carboxylic acids is 1. The van der Waals surface area contributed by atoms with Crippen LogP contribution in [0, 0.1) is 0 Å². The number of hydrogen-bond acceptors (Lipinski definition) is 3. The maximum Gasteiger partial charge on any atom is 0.376 e. The average Bonchev–Trinajstić information content (AvgIpc) is 3.04. The summed E-state index contributed by atoms with van der Waals surface area (Å²) >= 11 is 0. The summed E-state index contributed by atoms with van der Waals surface area (Å²) < 4.78 is 29.6. The average molecular weight is 347 g/mol. The van der Waals surface area contributed by atoms with Crippen LogP contribution in [0.1, 0.15) is 84.0 Å². The Morgan fingerprint density at radius 2 is 1.33 bits per heavy atom. The van der Waals surface area contributed by atoms with Gasteiger partial charge in [-0.1, -0.05) is 51.4 Å². The van der Waals surface area contributed by atoms with Gasteiger partial charge in [0.15, 0.2) is 0 Å². The van der Waals surface area contributed by atoms with E-state index in [2.05, 4.69) is 9.64 Å². The first kappa shape index (κ1) is 21.3. The van der Waals surface area contributed by atoms with E-state index in [0.29, 0.717) is 13.3 Å². The number of carbonyl (C=O) groups is 1. The van der Waals surface area contributed by atoms with Crippen molar-refractivity contribution in [1.29, 1.82) is 0 Å². The van der Waals surface area contributed by atoms with E-state index in [9.17, 15) is 13.6 Å². The number of rotatable bonds is 14. The Morgan fingerprint density at radius 3 is 1.83 bits per heavy atom. The summed E-state index contributed by atoms with van der Waals surface area (Å²) in [6.07, 6.45) is 14.6. The number of ether oxygens (including phenoxy) is 1. The van der Waals surface area contributed by atoms with E-state index in [1.165, 1.54) is 77.4 Å². The van der Waals surface area contributed by atoms with Crippen LogP contribution in [0.25, 0.3) is 0 Å². The molecule has 1 heterocycles. The molecule has 1 aliphatic heterocycles. The third kappa shape index (κ3) is 11.0. The normalized spacial score (nSPS) is 15.8. The van der Waals surface area contributed by atoms with Gasteiger partial charge in [-0.05, 0) is 45.3 Å². The number of halogens is 2. The highest BCUT2D eigenvalue weighted by Crippen LogP contribution is 2.15. The lowest BCUT2D eigenvalue weighted by Crippen LogP contribution is -2.27. The number of alkyl halides is 2. The van der Waals surface area contributed by atoms with Crippen LogP contribution in [0.3, 0.4) is 0 Å². The molecule has 0 unspecified atom stereocenters. The molecule has 0 aliphatic carbocycles. The van der Waals surface area contributed by atoms with Gasteiger partial charge in [-0.3, -0.25) is 0 Å². The first-order valence-electron chi connectivity index (χ1n) is 9.77. The number of hydrogen-bond donors (Lipinski definition) is 0. The fraction of sp³-hybridized carbons (Fsp3) is 0.947. The summed E-state index contributed by atoms with van der Waals surface area (Å²) in [6.45, 7) is 4.58. The Morgan fingerprint density at radius 1 is 0.875 bits per heavy atom. The second-order valence-electron chi connectivity index (χ2n) is 7.11. The lowest BCUT2D eigenvalue weighted by Gasteiger charge is -2.13. The van der Waals surface area contributed by atoms with Gasteiger partial charge in [0.05, 0.1) is 6.61 Å². The number of esters is 1. The quantitative estimate of drug-likeness (QED) is 0.320. The van der Waals surface area contributed by atoms with Gasteiger partial charge in [0.1, 0.15) is 0 Å². The predicted molar refractivity (Wildman–Crippen MR) is 93.4 cm³/mol. The summed E-state index contributed by atoms with van der Waals surface area (Å²) in [6, 6.07) is 0. The molecule has 0 saturated carbocycles. The number of nitrogens with zero attached hydrogens (tertiary/aromatic N) is 1. The minimum atomic E-state index is -3.37. The smallest absolute Gasteiger partial charge is 0.376 e. The maximum atomic E-state index is 12.5. The van der Waals surface area contributed by atoms with Crippen LogP contribution in [0.5, 0.6) is 0 Å². The summed E-state index contributed by atoms with van der Waals surface area (Å²) in [4.78, 5) is 13.4. The van der Waals surface area contributed by atoms with Gasteiger partial charge in [-0.25, -0.2) is 4.79 Å². The minimum absolute atomic E-state index is 0.110. The third-order valence-corrected chi connectivity index (χ3v) is 4.66. The summed E-state index contributed by atoms with van der Waals surface area (Å²) in [5.41, 5.74) is 0. The molecule has 1 aliphatic rings. The molecule has 1 rings (SSSR count). The largest absolute Gasteiger partial charge is 0.461 e. The zero-order valence-corrected chi connectivity index (χ0v) is 15.3. The van der Waals surface area contributed by atoms with Crippen molar-refractivity contribution >= 4 is 5.97 Å². The Hall–Kier alpha value is -0.710. The molecule has 24 heavy (non-hydrogen) atoms. The van der Waals surface area contributed by atoms with E-state index in [0.717, 1.165) is 12.8 Å². The molecule has 0 atom stereocenters. The predicted octanol–water partition coefficient (Wildman–Crippen LogP) is 5.18. The fourth-order valence-corrected chi connectivity index (χ4v) is 3.15.